The van der Waals surface area contributed by atoms with E-state index >= 15 is 0 Å². The lowest BCUT2D eigenvalue weighted by atomic mass is 10.0. The number of halogens is 6. The molecule has 0 bridgehead atoms. The van der Waals surface area contributed by atoms with Crippen molar-refractivity contribution in [2.45, 2.75) is 12.7 Å². The molecule has 0 aliphatic heterocycles. The van der Waals surface area contributed by atoms with Gasteiger partial charge in [0.1, 0.15) is 17.2 Å². The van der Waals surface area contributed by atoms with Crippen molar-refractivity contribution in [2.24, 2.45) is 0 Å². The normalized spacial score (nSPS) is 10.9. The van der Waals surface area contributed by atoms with E-state index in [0.717, 1.165) is 6.07 Å². The molecule has 1 rings (SSSR count). The van der Waals surface area contributed by atoms with Crippen molar-refractivity contribution in [1.82, 2.24) is 0 Å². The molecule has 0 amide bonds. The van der Waals surface area contributed by atoms with Crippen molar-refractivity contribution in [2.75, 3.05) is 0 Å². The van der Waals surface area contributed by atoms with Crippen LogP contribution in [0, 0.1) is 35.4 Å². The van der Waals surface area contributed by atoms with Gasteiger partial charge in [-0.25, -0.2) is 19.7 Å². The second-order valence-electron chi connectivity index (χ2n) is 3.10. The van der Waals surface area contributed by atoms with E-state index in [1.165, 1.54) is 0 Å². The van der Waals surface area contributed by atoms with Crippen LogP contribution >= 0.6 is 0 Å². The number of nitriles is 1. The number of benzene rings is 1. The highest BCUT2D eigenvalue weighted by Crippen LogP contribution is 2.38. The third-order valence-corrected chi connectivity index (χ3v) is 2.05. The van der Waals surface area contributed by atoms with E-state index in [1.807, 2.05) is 0 Å². The summed E-state index contributed by atoms with van der Waals surface area (Å²) >= 11 is 0. The predicted octanol–water partition coefficient (Wildman–Crippen LogP) is 3.41. The summed E-state index contributed by atoms with van der Waals surface area (Å²) in [5.41, 5.74) is -5.21. The second kappa shape index (κ2) is 4.57. The molecular weight excluding hydrogens is 262 g/mol. The van der Waals surface area contributed by atoms with Crippen LogP contribution in [-0.2, 0) is 12.7 Å². The summed E-state index contributed by atoms with van der Waals surface area (Å²) in [7, 11) is 0. The Bertz CT molecular complexity index is 576. The lowest BCUT2D eigenvalue weighted by molar-refractivity contribution is -0.140. The Morgan fingerprint density at radius 2 is 1.67 bits per heavy atom. The van der Waals surface area contributed by atoms with E-state index in [-0.39, 0.29) is 0 Å². The molecule has 0 N–H and O–H groups in total. The minimum Gasteiger partial charge on any atom is -0.312 e. The van der Waals surface area contributed by atoms with Crippen LogP contribution in [0.1, 0.15) is 16.7 Å². The molecule has 0 spiro atoms. The van der Waals surface area contributed by atoms with Crippen LogP contribution in [0.4, 0.5) is 26.3 Å². The zero-order valence-corrected chi connectivity index (χ0v) is 8.37. The van der Waals surface area contributed by atoms with Crippen molar-refractivity contribution in [3.05, 3.63) is 45.6 Å². The molecule has 2 nitrogen and oxygen atoms in total. The molecule has 0 saturated carbocycles. The van der Waals surface area contributed by atoms with Crippen LogP contribution in [0.5, 0.6) is 0 Å². The van der Waals surface area contributed by atoms with Gasteiger partial charge in [-0.1, -0.05) is 0 Å². The smallest absolute Gasteiger partial charge is 0.312 e. The van der Waals surface area contributed by atoms with E-state index in [1.54, 1.807) is 0 Å². The van der Waals surface area contributed by atoms with E-state index in [2.05, 4.69) is 4.85 Å². The summed E-state index contributed by atoms with van der Waals surface area (Å²) in [5, 5.41) is 8.31. The topological polar surface area (TPSA) is 28.1 Å². The zero-order valence-electron chi connectivity index (χ0n) is 8.37. The Hall–Kier alpha value is -2.22. The van der Waals surface area contributed by atoms with Crippen LogP contribution in [0.2, 0.25) is 0 Å². The molecule has 0 radical (unpaired) electrons. The molecule has 1 aromatic carbocycles. The minimum atomic E-state index is -5.33. The summed E-state index contributed by atoms with van der Waals surface area (Å²) < 4.78 is 77.3. The summed E-state index contributed by atoms with van der Waals surface area (Å²) in [5.74, 6) is -6.26. The van der Waals surface area contributed by atoms with E-state index in [0.29, 0.717) is 0 Å². The van der Waals surface area contributed by atoms with E-state index in [4.69, 9.17) is 11.8 Å². The highest BCUT2D eigenvalue weighted by molar-refractivity contribution is 5.44. The summed E-state index contributed by atoms with van der Waals surface area (Å²) in [6.07, 6.45) is -5.33. The van der Waals surface area contributed by atoms with Crippen LogP contribution in [-0.4, -0.2) is 0 Å². The van der Waals surface area contributed by atoms with Crippen molar-refractivity contribution in [1.29, 1.82) is 5.26 Å². The van der Waals surface area contributed by atoms with Crippen molar-refractivity contribution < 1.29 is 26.3 Å². The van der Waals surface area contributed by atoms with Crippen LogP contribution < -0.4 is 0 Å². The third kappa shape index (κ3) is 2.09. The Morgan fingerprint density at radius 3 is 2.06 bits per heavy atom. The van der Waals surface area contributed by atoms with E-state index < -0.39 is 46.9 Å². The first kappa shape index (κ1) is 13.8. The van der Waals surface area contributed by atoms with E-state index in [9.17, 15) is 26.3 Å². The average molecular weight is 264 g/mol. The number of rotatable bonds is 1. The van der Waals surface area contributed by atoms with Gasteiger partial charge in [-0.05, 0) is 0 Å². The van der Waals surface area contributed by atoms with Crippen molar-refractivity contribution >= 4 is 0 Å². The fraction of sp³-hybridized carbons (Fsp3) is 0.200. The highest BCUT2D eigenvalue weighted by Gasteiger charge is 2.42. The van der Waals surface area contributed by atoms with Gasteiger partial charge in [0.25, 0.3) is 0 Å². The molecule has 0 atom stereocenters. The molecule has 0 fully saturated rings. The number of alkyl halides is 3. The highest BCUT2D eigenvalue weighted by atomic mass is 19.4. The second-order valence-corrected chi connectivity index (χ2v) is 3.10. The molecule has 8 heteroatoms. The summed E-state index contributed by atoms with van der Waals surface area (Å²) in [4.78, 5) is 2.47. The number of nitrogens with zero attached hydrogens (tertiary/aromatic N) is 2. The molecule has 0 aromatic heterocycles. The number of hydrogen-bond acceptors (Lipinski definition) is 1. The minimum absolute atomic E-state index is 0.819. The molecule has 0 aliphatic rings. The van der Waals surface area contributed by atoms with Gasteiger partial charge >= 0.3 is 6.18 Å². The molecule has 0 saturated heterocycles. The first-order valence-electron chi connectivity index (χ1n) is 4.25. The van der Waals surface area contributed by atoms with Gasteiger partial charge in [0.2, 0.25) is 6.54 Å². The van der Waals surface area contributed by atoms with Gasteiger partial charge in [0.05, 0.1) is 5.56 Å². The summed E-state index contributed by atoms with van der Waals surface area (Å²) in [6, 6.07) is 0.819. The SMILES string of the molecule is [C-]#[N+]Cc1c(F)c(F)c(C#N)c(F)c1C(F)(F)F. The molecule has 94 valence electrons. The monoisotopic (exact) mass is 264 g/mol. The quantitative estimate of drug-likeness (QED) is 0.434. The maximum absolute atomic E-state index is 13.3. The fourth-order valence-corrected chi connectivity index (χ4v) is 1.33. The van der Waals surface area contributed by atoms with Crippen LogP contribution in [0.15, 0.2) is 0 Å². The van der Waals surface area contributed by atoms with Crippen LogP contribution in [0.25, 0.3) is 4.85 Å². The molecule has 0 heterocycles. The lowest BCUT2D eigenvalue weighted by Crippen LogP contribution is -2.17. The molecule has 0 unspecified atom stereocenters. The molecular formula is C10H2F6N2. The summed E-state index contributed by atoms with van der Waals surface area (Å²) in [6.45, 7) is 5.18. The Kier molecular flexibility index (Phi) is 3.52. The maximum Gasteiger partial charge on any atom is 0.419 e. The van der Waals surface area contributed by atoms with Gasteiger partial charge in [-0.15, -0.1) is 0 Å². The fourth-order valence-electron chi connectivity index (χ4n) is 1.33. The maximum atomic E-state index is 13.3. The first-order chi connectivity index (χ1) is 8.25. The van der Waals surface area contributed by atoms with Gasteiger partial charge in [0.15, 0.2) is 17.5 Å². The lowest BCUT2D eigenvalue weighted by Gasteiger charge is -2.13. The zero-order chi connectivity index (χ0) is 14.1. The number of hydrogen-bond donors (Lipinski definition) is 0. The largest absolute Gasteiger partial charge is 0.419 e. The van der Waals surface area contributed by atoms with Gasteiger partial charge in [-0.2, -0.15) is 18.4 Å². The van der Waals surface area contributed by atoms with Crippen molar-refractivity contribution in [3.63, 3.8) is 0 Å². The average Bonchev–Trinajstić information content (AvgIpc) is 2.25. The molecule has 18 heavy (non-hydrogen) atoms. The third-order valence-electron chi connectivity index (χ3n) is 2.05. The Balaban J connectivity index is 3.84. The van der Waals surface area contributed by atoms with Gasteiger partial charge in [-0.3, -0.25) is 0 Å². The standard InChI is InChI=1S/C10H2F6N2/c1-18-3-5-6(10(14,15)16)7(11)4(2-17)8(12)9(5)13/h3H2. The van der Waals surface area contributed by atoms with Gasteiger partial charge in [0, 0.05) is 0 Å². The van der Waals surface area contributed by atoms with Crippen LogP contribution in [0.3, 0.4) is 0 Å². The predicted molar refractivity (Wildman–Crippen MR) is 46.3 cm³/mol. The molecule has 0 aliphatic carbocycles. The van der Waals surface area contributed by atoms with Crippen molar-refractivity contribution in [3.8, 4) is 6.07 Å². The Morgan fingerprint density at radius 1 is 1.11 bits per heavy atom. The molecule has 1 aromatic rings. The Labute approximate surface area is 96.9 Å². The first-order valence-corrected chi connectivity index (χ1v) is 4.25. The van der Waals surface area contributed by atoms with Gasteiger partial charge < -0.3 is 4.85 Å².